The fourth-order valence-corrected chi connectivity index (χ4v) is 1.88. The van der Waals surface area contributed by atoms with Crippen LogP contribution in [0.2, 0.25) is 0 Å². The van der Waals surface area contributed by atoms with Crippen molar-refractivity contribution in [3.63, 3.8) is 0 Å². The van der Waals surface area contributed by atoms with Gasteiger partial charge in [-0.1, -0.05) is 12.1 Å². The molecule has 0 bridgehead atoms. The van der Waals surface area contributed by atoms with Crippen molar-refractivity contribution in [1.82, 2.24) is 0 Å². The van der Waals surface area contributed by atoms with Gasteiger partial charge in [0.15, 0.2) is 0 Å². The largest absolute Gasteiger partial charge is 0.481 e. The molecule has 0 saturated carbocycles. The van der Waals surface area contributed by atoms with Crippen LogP contribution in [0.25, 0.3) is 0 Å². The van der Waals surface area contributed by atoms with Gasteiger partial charge in [-0.2, -0.15) is 0 Å². The van der Waals surface area contributed by atoms with Crippen LogP contribution in [0.5, 0.6) is 0 Å². The van der Waals surface area contributed by atoms with Crippen molar-refractivity contribution in [3.05, 3.63) is 29.8 Å². The zero-order valence-electron chi connectivity index (χ0n) is 10.1. The van der Waals surface area contributed by atoms with Crippen LogP contribution in [-0.4, -0.2) is 17.0 Å². The van der Waals surface area contributed by atoms with Gasteiger partial charge in [0.05, 0.1) is 5.38 Å². The second-order valence-corrected chi connectivity index (χ2v) is 4.58. The summed E-state index contributed by atoms with van der Waals surface area (Å²) in [6.45, 7) is 1.45. The van der Waals surface area contributed by atoms with E-state index in [-0.39, 0.29) is 17.7 Å². The Hall–Kier alpha value is -1.55. The molecule has 0 spiro atoms. The number of benzene rings is 1. The number of alkyl halides is 1. The van der Waals surface area contributed by atoms with Crippen molar-refractivity contribution in [3.8, 4) is 0 Å². The maximum atomic E-state index is 10.8. The van der Waals surface area contributed by atoms with Crippen molar-refractivity contribution in [2.24, 2.45) is 0 Å². The highest BCUT2D eigenvalue weighted by Crippen LogP contribution is 2.27. The molecular formula is C13H16ClNO3. The smallest absolute Gasteiger partial charge is 0.303 e. The number of rotatable bonds is 6. The van der Waals surface area contributed by atoms with Gasteiger partial charge in [0.2, 0.25) is 5.91 Å². The summed E-state index contributed by atoms with van der Waals surface area (Å²) in [5.74, 6) is -0.925. The third kappa shape index (κ3) is 5.19. The Morgan fingerprint density at radius 2 is 1.94 bits per heavy atom. The fourth-order valence-electron chi connectivity index (χ4n) is 1.58. The van der Waals surface area contributed by atoms with Gasteiger partial charge >= 0.3 is 5.97 Å². The third-order valence-corrected chi connectivity index (χ3v) is 2.91. The summed E-state index contributed by atoms with van der Waals surface area (Å²) in [7, 11) is 0. The number of aliphatic carboxylic acids is 1. The first-order chi connectivity index (χ1) is 8.49. The summed E-state index contributed by atoms with van der Waals surface area (Å²) in [5.41, 5.74) is 1.65. The zero-order chi connectivity index (χ0) is 13.5. The second-order valence-electron chi connectivity index (χ2n) is 4.06. The highest BCUT2D eigenvalue weighted by molar-refractivity contribution is 6.20. The molecule has 1 amide bonds. The van der Waals surface area contributed by atoms with Crippen LogP contribution in [0.3, 0.4) is 0 Å². The van der Waals surface area contributed by atoms with Crippen LogP contribution < -0.4 is 5.32 Å². The summed E-state index contributed by atoms with van der Waals surface area (Å²) < 4.78 is 0. The molecule has 2 N–H and O–H groups in total. The van der Waals surface area contributed by atoms with Gasteiger partial charge in [0, 0.05) is 19.0 Å². The quantitative estimate of drug-likeness (QED) is 0.780. The molecule has 0 aliphatic heterocycles. The standard InChI is InChI=1S/C13H16ClNO3/c1-9(16)15-11-7-5-10(6-8-11)12(14)3-2-4-13(17)18/h5-8,12H,2-4H2,1H3,(H,15,16)(H,17,18). The van der Waals surface area contributed by atoms with Gasteiger partial charge in [0.1, 0.15) is 0 Å². The van der Waals surface area contributed by atoms with Crippen molar-refractivity contribution in [2.45, 2.75) is 31.6 Å². The molecule has 1 aromatic carbocycles. The molecule has 0 aromatic heterocycles. The molecule has 0 saturated heterocycles. The lowest BCUT2D eigenvalue weighted by Crippen LogP contribution is -2.05. The Kier molecular flexibility index (Phi) is 5.65. The van der Waals surface area contributed by atoms with Crippen LogP contribution in [0, 0.1) is 0 Å². The maximum Gasteiger partial charge on any atom is 0.303 e. The SMILES string of the molecule is CC(=O)Nc1ccc(C(Cl)CCCC(=O)O)cc1. The molecule has 0 aliphatic rings. The van der Waals surface area contributed by atoms with E-state index in [2.05, 4.69) is 5.32 Å². The molecular weight excluding hydrogens is 254 g/mol. The van der Waals surface area contributed by atoms with Gasteiger partial charge in [-0.25, -0.2) is 0 Å². The Morgan fingerprint density at radius 3 is 2.44 bits per heavy atom. The van der Waals surface area contributed by atoms with Crippen LogP contribution in [0.1, 0.15) is 37.1 Å². The molecule has 0 heterocycles. The maximum absolute atomic E-state index is 10.8. The molecule has 4 nitrogen and oxygen atoms in total. The molecule has 0 fully saturated rings. The first-order valence-electron chi connectivity index (χ1n) is 5.72. The number of amides is 1. The minimum Gasteiger partial charge on any atom is -0.481 e. The van der Waals surface area contributed by atoms with Crippen LogP contribution in [0.4, 0.5) is 5.69 Å². The minimum atomic E-state index is -0.806. The molecule has 1 atom stereocenters. The summed E-state index contributed by atoms with van der Waals surface area (Å²) in [5, 5.41) is 11.0. The van der Waals surface area contributed by atoms with E-state index < -0.39 is 5.97 Å². The number of carbonyl (C=O) groups excluding carboxylic acids is 1. The number of carboxylic acids is 1. The van der Waals surface area contributed by atoms with E-state index in [0.717, 1.165) is 11.3 Å². The summed E-state index contributed by atoms with van der Waals surface area (Å²) in [6.07, 6.45) is 1.30. The van der Waals surface area contributed by atoms with Crippen molar-refractivity contribution in [2.75, 3.05) is 5.32 Å². The molecule has 1 unspecified atom stereocenters. The normalized spacial score (nSPS) is 11.9. The molecule has 98 valence electrons. The van der Waals surface area contributed by atoms with E-state index in [0.29, 0.717) is 12.8 Å². The van der Waals surface area contributed by atoms with Crippen molar-refractivity contribution < 1.29 is 14.7 Å². The summed E-state index contributed by atoms with van der Waals surface area (Å²) in [4.78, 5) is 21.2. The third-order valence-electron chi connectivity index (χ3n) is 2.44. The number of halogens is 1. The highest BCUT2D eigenvalue weighted by atomic mass is 35.5. The van der Waals surface area contributed by atoms with E-state index in [1.807, 2.05) is 12.1 Å². The minimum absolute atomic E-state index is 0.119. The van der Waals surface area contributed by atoms with Gasteiger partial charge in [-0.05, 0) is 30.5 Å². The lowest BCUT2D eigenvalue weighted by molar-refractivity contribution is -0.137. The van der Waals surface area contributed by atoms with Gasteiger partial charge in [-0.3, -0.25) is 9.59 Å². The molecule has 1 rings (SSSR count). The van der Waals surface area contributed by atoms with Crippen LogP contribution in [-0.2, 0) is 9.59 Å². The first kappa shape index (κ1) is 14.5. The zero-order valence-corrected chi connectivity index (χ0v) is 10.9. The number of anilines is 1. The Labute approximate surface area is 111 Å². The van der Waals surface area contributed by atoms with Gasteiger partial charge in [-0.15, -0.1) is 11.6 Å². The number of hydrogen-bond donors (Lipinski definition) is 2. The lowest BCUT2D eigenvalue weighted by atomic mass is 10.1. The lowest BCUT2D eigenvalue weighted by Gasteiger charge is -2.10. The van der Waals surface area contributed by atoms with E-state index >= 15 is 0 Å². The molecule has 1 aromatic rings. The first-order valence-corrected chi connectivity index (χ1v) is 6.16. The monoisotopic (exact) mass is 269 g/mol. The molecule has 5 heteroatoms. The Morgan fingerprint density at radius 1 is 1.33 bits per heavy atom. The van der Waals surface area contributed by atoms with E-state index in [9.17, 15) is 9.59 Å². The summed E-state index contributed by atoms with van der Waals surface area (Å²) in [6, 6.07) is 7.24. The predicted octanol–water partition coefficient (Wildman–Crippen LogP) is 3.18. The van der Waals surface area contributed by atoms with Crippen LogP contribution >= 0.6 is 11.6 Å². The number of nitrogens with one attached hydrogen (secondary N) is 1. The van der Waals surface area contributed by atoms with E-state index in [1.54, 1.807) is 12.1 Å². The number of carbonyl (C=O) groups is 2. The Balaban J connectivity index is 2.50. The average molecular weight is 270 g/mol. The van der Waals surface area contributed by atoms with E-state index in [4.69, 9.17) is 16.7 Å². The van der Waals surface area contributed by atoms with Gasteiger partial charge < -0.3 is 10.4 Å². The second kappa shape index (κ2) is 7.01. The molecule has 18 heavy (non-hydrogen) atoms. The predicted molar refractivity (Wildman–Crippen MR) is 70.8 cm³/mol. The van der Waals surface area contributed by atoms with E-state index in [1.165, 1.54) is 6.92 Å². The molecule has 0 aliphatic carbocycles. The number of carboxylic acid groups (broad SMARTS) is 1. The van der Waals surface area contributed by atoms with Crippen molar-refractivity contribution in [1.29, 1.82) is 0 Å². The molecule has 0 radical (unpaired) electrons. The average Bonchev–Trinajstić information content (AvgIpc) is 2.28. The van der Waals surface area contributed by atoms with Gasteiger partial charge in [0.25, 0.3) is 0 Å². The highest BCUT2D eigenvalue weighted by Gasteiger charge is 2.09. The van der Waals surface area contributed by atoms with Crippen molar-refractivity contribution >= 4 is 29.2 Å². The topological polar surface area (TPSA) is 66.4 Å². The summed E-state index contributed by atoms with van der Waals surface area (Å²) >= 11 is 6.17. The fraction of sp³-hybridized carbons (Fsp3) is 0.385. The number of hydrogen-bond acceptors (Lipinski definition) is 2. The Bertz CT molecular complexity index is 417. The van der Waals surface area contributed by atoms with Crippen LogP contribution in [0.15, 0.2) is 24.3 Å².